The number of nitrogens with zero attached hydrogens (tertiary/aromatic N) is 2. The maximum atomic E-state index is 14.1. The first-order chi connectivity index (χ1) is 12.4. The normalized spacial score (nSPS) is 12.1. The van der Waals surface area contributed by atoms with Gasteiger partial charge in [-0.15, -0.1) is 0 Å². The largest absolute Gasteiger partial charge is 0.411 e. The van der Waals surface area contributed by atoms with Crippen molar-refractivity contribution < 1.29 is 18.4 Å². The number of imidazole rings is 1. The highest BCUT2D eigenvalue weighted by Gasteiger charge is 2.20. The molecule has 3 rings (SSSR count). The highest BCUT2D eigenvalue weighted by molar-refractivity contribution is 6.30. The van der Waals surface area contributed by atoms with E-state index in [1.807, 2.05) is 0 Å². The average Bonchev–Trinajstić information content (AvgIpc) is 3.04. The van der Waals surface area contributed by atoms with E-state index in [4.69, 9.17) is 11.6 Å². The molecule has 9 heteroatoms. The summed E-state index contributed by atoms with van der Waals surface area (Å²) in [7, 11) is 1.68. The van der Waals surface area contributed by atoms with Gasteiger partial charge in [-0.05, 0) is 30.8 Å². The molecule has 0 bridgehead atoms. The molecule has 3 aromatic rings. The van der Waals surface area contributed by atoms with Crippen LogP contribution in [0.15, 0.2) is 29.4 Å². The summed E-state index contributed by atoms with van der Waals surface area (Å²) in [6.07, 6.45) is 0.0249. The molecule has 0 saturated carbocycles. The minimum absolute atomic E-state index is 0.0249. The third-order valence-electron chi connectivity index (χ3n) is 3.84. The third-order valence-corrected chi connectivity index (χ3v) is 4.13. The second-order valence-corrected chi connectivity index (χ2v) is 6.04. The molecular weight excluding hydrogens is 369 g/mol. The van der Waals surface area contributed by atoms with Crippen LogP contribution in [0.4, 0.5) is 13.2 Å². The molecule has 0 fully saturated rings. The van der Waals surface area contributed by atoms with Gasteiger partial charge >= 0.3 is 0 Å². The van der Waals surface area contributed by atoms with Crippen molar-refractivity contribution in [2.24, 2.45) is 5.16 Å². The predicted octanol–water partition coefficient (Wildman–Crippen LogP) is 3.77. The van der Waals surface area contributed by atoms with Crippen LogP contribution in [-0.2, 0) is 13.0 Å². The molecule has 0 amide bonds. The Hall–Kier alpha value is -2.58. The van der Waals surface area contributed by atoms with Crippen molar-refractivity contribution in [2.75, 3.05) is 7.05 Å². The van der Waals surface area contributed by atoms with Crippen LogP contribution in [0.1, 0.15) is 17.0 Å². The van der Waals surface area contributed by atoms with E-state index in [9.17, 15) is 18.4 Å². The standard InChI is InChI=1S/C17H14ClF3N4O/c1-22-7-14-23-16-9(6-12(20)15(21)17(16)24-14)13(25-26)5-8-2-3-11(19)10(18)4-8/h2-4,6,22,26H,5,7H2,1H3,(H,23,24)/b25-13+. The number of aromatic nitrogens is 2. The molecular formula is C17H14ClF3N4O. The van der Waals surface area contributed by atoms with E-state index in [0.29, 0.717) is 17.9 Å². The van der Waals surface area contributed by atoms with Crippen LogP contribution in [0, 0.1) is 17.5 Å². The molecule has 0 radical (unpaired) electrons. The zero-order valence-electron chi connectivity index (χ0n) is 13.6. The summed E-state index contributed by atoms with van der Waals surface area (Å²) in [6.45, 7) is 0.314. The Labute approximate surface area is 151 Å². The number of aromatic amines is 1. The smallest absolute Gasteiger partial charge is 0.186 e. The summed E-state index contributed by atoms with van der Waals surface area (Å²) >= 11 is 5.76. The van der Waals surface area contributed by atoms with E-state index in [1.165, 1.54) is 18.2 Å². The number of benzene rings is 2. The minimum Gasteiger partial charge on any atom is -0.411 e. The summed E-state index contributed by atoms with van der Waals surface area (Å²) in [6, 6.07) is 4.94. The number of fused-ring (bicyclic) bond motifs is 1. The molecule has 3 N–H and O–H groups in total. The van der Waals surface area contributed by atoms with Gasteiger partial charge in [0, 0.05) is 12.0 Å². The van der Waals surface area contributed by atoms with Gasteiger partial charge in [-0.3, -0.25) is 0 Å². The predicted molar refractivity (Wildman–Crippen MR) is 92.2 cm³/mol. The molecule has 0 saturated heterocycles. The fourth-order valence-corrected chi connectivity index (χ4v) is 2.86. The SMILES string of the molecule is CNCc1nc2c(F)c(F)cc(/C(Cc3ccc(F)c(Cl)c3)=N/O)c2[nH]1. The lowest BCUT2D eigenvalue weighted by Crippen LogP contribution is -2.08. The fourth-order valence-electron chi connectivity index (χ4n) is 2.66. The van der Waals surface area contributed by atoms with Crippen molar-refractivity contribution in [2.45, 2.75) is 13.0 Å². The molecule has 2 aromatic carbocycles. The maximum absolute atomic E-state index is 14.1. The van der Waals surface area contributed by atoms with Gasteiger partial charge in [0.25, 0.3) is 0 Å². The number of H-pyrrole nitrogens is 1. The molecule has 0 aliphatic carbocycles. The molecule has 5 nitrogen and oxygen atoms in total. The highest BCUT2D eigenvalue weighted by Crippen LogP contribution is 2.25. The Morgan fingerprint density at radius 1 is 1.27 bits per heavy atom. The van der Waals surface area contributed by atoms with Gasteiger partial charge in [0.05, 0.1) is 22.8 Å². The Bertz CT molecular complexity index is 1000. The van der Waals surface area contributed by atoms with Crippen molar-refractivity contribution in [1.29, 1.82) is 0 Å². The second-order valence-electron chi connectivity index (χ2n) is 5.63. The van der Waals surface area contributed by atoms with Crippen LogP contribution in [0.3, 0.4) is 0 Å². The molecule has 0 atom stereocenters. The van der Waals surface area contributed by atoms with Crippen molar-refractivity contribution in [1.82, 2.24) is 15.3 Å². The number of hydrogen-bond donors (Lipinski definition) is 3. The molecule has 1 heterocycles. The summed E-state index contributed by atoms with van der Waals surface area (Å²) in [5.41, 5.74) is 0.753. The van der Waals surface area contributed by atoms with E-state index >= 15 is 0 Å². The van der Waals surface area contributed by atoms with Crippen LogP contribution in [0.2, 0.25) is 5.02 Å². The number of hydrogen-bond acceptors (Lipinski definition) is 4. The summed E-state index contributed by atoms with van der Waals surface area (Å²) in [4.78, 5) is 6.93. The third kappa shape index (κ3) is 3.38. The monoisotopic (exact) mass is 382 g/mol. The van der Waals surface area contributed by atoms with Crippen LogP contribution < -0.4 is 5.32 Å². The molecule has 0 aliphatic heterocycles. The highest BCUT2D eigenvalue weighted by atomic mass is 35.5. The van der Waals surface area contributed by atoms with Gasteiger partial charge < -0.3 is 15.5 Å². The topological polar surface area (TPSA) is 73.3 Å². The lowest BCUT2D eigenvalue weighted by atomic mass is 10.0. The number of halogens is 4. The zero-order chi connectivity index (χ0) is 18.8. The Balaban J connectivity index is 2.09. The van der Waals surface area contributed by atoms with Crippen LogP contribution >= 0.6 is 11.6 Å². The van der Waals surface area contributed by atoms with Crippen molar-refractivity contribution >= 4 is 28.3 Å². The van der Waals surface area contributed by atoms with Gasteiger partial charge in [-0.2, -0.15) is 0 Å². The van der Waals surface area contributed by atoms with Gasteiger partial charge in [0.15, 0.2) is 11.6 Å². The Kier molecular flexibility index (Phi) is 5.15. The Morgan fingerprint density at radius 2 is 2.04 bits per heavy atom. The first-order valence-corrected chi connectivity index (χ1v) is 7.98. The summed E-state index contributed by atoms with van der Waals surface area (Å²) in [5, 5.41) is 15.4. The van der Waals surface area contributed by atoms with E-state index in [2.05, 4.69) is 20.4 Å². The first-order valence-electron chi connectivity index (χ1n) is 7.61. The fraction of sp³-hybridized carbons (Fsp3) is 0.176. The summed E-state index contributed by atoms with van der Waals surface area (Å²) < 4.78 is 41.4. The van der Waals surface area contributed by atoms with Gasteiger partial charge in [-0.25, -0.2) is 18.2 Å². The lowest BCUT2D eigenvalue weighted by Gasteiger charge is -2.08. The van der Waals surface area contributed by atoms with E-state index in [1.54, 1.807) is 7.05 Å². The average molecular weight is 383 g/mol. The molecule has 0 aliphatic rings. The van der Waals surface area contributed by atoms with Crippen LogP contribution in [0.5, 0.6) is 0 Å². The number of nitrogens with one attached hydrogen (secondary N) is 2. The van der Waals surface area contributed by atoms with Crippen molar-refractivity contribution in [3.8, 4) is 0 Å². The van der Waals surface area contributed by atoms with Crippen LogP contribution in [-0.4, -0.2) is 27.9 Å². The van der Waals surface area contributed by atoms with Crippen LogP contribution in [0.25, 0.3) is 11.0 Å². The van der Waals surface area contributed by atoms with Crippen molar-refractivity contribution in [3.63, 3.8) is 0 Å². The minimum atomic E-state index is -1.12. The zero-order valence-corrected chi connectivity index (χ0v) is 14.3. The first kappa shape index (κ1) is 18.2. The van der Waals surface area contributed by atoms with E-state index in [-0.39, 0.29) is 33.8 Å². The summed E-state index contributed by atoms with van der Waals surface area (Å²) in [5.74, 6) is -2.40. The van der Waals surface area contributed by atoms with Gasteiger partial charge in [-0.1, -0.05) is 22.8 Å². The molecule has 0 spiro atoms. The van der Waals surface area contributed by atoms with Gasteiger partial charge in [0.2, 0.25) is 0 Å². The molecule has 26 heavy (non-hydrogen) atoms. The quantitative estimate of drug-likeness (QED) is 0.357. The Morgan fingerprint density at radius 3 is 2.69 bits per heavy atom. The van der Waals surface area contributed by atoms with E-state index in [0.717, 1.165) is 6.07 Å². The maximum Gasteiger partial charge on any atom is 0.186 e. The lowest BCUT2D eigenvalue weighted by molar-refractivity contribution is 0.318. The number of oxime groups is 1. The molecule has 136 valence electrons. The van der Waals surface area contributed by atoms with Gasteiger partial charge in [0.1, 0.15) is 17.2 Å². The molecule has 0 unspecified atom stereocenters. The van der Waals surface area contributed by atoms with E-state index < -0.39 is 17.5 Å². The number of rotatable bonds is 5. The second kappa shape index (κ2) is 7.35. The van der Waals surface area contributed by atoms with Crippen molar-refractivity contribution in [3.05, 3.63) is 63.7 Å². The molecule has 1 aromatic heterocycles.